The summed E-state index contributed by atoms with van der Waals surface area (Å²) in [6.45, 7) is -4.67. The van der Waals surface area contributed by atoms with Crippen LogP contribution in [-0.2, 0) is 29.4 Å². The summed E-state index contributed by atoms with van der Waals surface area (Å²) < 4.78 is 76.6. The molecular weight excluding hydrogens is 795 g/mol. The van der Waals surface area contributed by atoms with Gasteiger partial charge in [-0.3, -0.25) is 20.2 Å². The smallest absolute Gasteiger partial charge is 0.497 e. The first-order valence-corrected chi connectivity index (χ1v) is 20.4. The zero-order chi connectivity index (χ0) is 41.7. The number of hydrogen-bond donors (Lipinski definition) is 0. The second-order valence-corrected chi connectivity index (χ2v) is 16.3. The molecule has 0 saturated carbocycles. The number of aryl methyl sites for hydroxylation is 2. The molecular formula is C43H30BF2N5O8S. The van der Waals surface area contributed by atoms with Crippen molar-refractivity contribution in [3.8, 4) is 33.9 Å². The third-order valence-electron chi connectivity index (χ3n) is 11.5. The lowest BCUT2D eigenvalue weighted by atomic mass is 9.82. The lowest BCUT2D eigenvalue weighted by molar-refractivity contribution is -0.396. The van der Waals surface area contributed by atoms with Crippen molar-refractivity contribution in [1.29, 1.82) is 0 Å². The number of rotatable bonds is 8. The second kappa shape index (κ2) is 13.4. The Labute approximate surface area is 340 Å². The Morgan fingerprint density at radius 3 is 2.12 bits per heavy atom. The molecule has 0 unspecified atom stereocenters. The van der Waals surface area contributed by atoms with Crippen molar-refractivity contribution >= 4 is 51.4 Å². The Bertz CT molecular complexity index is 3110. The topological polar surface area (TPSA) is 159 Å². The number of ether oxygens (including phenoxy) is 1. The van der Waals surface area contributed by atoms with Gasteiger partial charge in [0.25, 0.3) is 17.2 Å². The van der Waals surface area contributed by atoms with E-state index < -0.39 is 43.2 Å². The van der Waals surface area contributed by atoms with Gasteiger partial charge in [0.2, 0.25) is 5.82 Å². The van der Waals surface area contributed by atoms with Gasteiger partial charge in [-0.15, -0.1) is 0 Å². The number of halogens is 2. The summed E-state index contributed by atoms with van der Waals surface area (Å²) in [7, 11) is -3.32. The molecule has 1 aromatic heterocycles. The predicted molar refractivity (Wildman–Crippen MR) is 220 cm³/mol. The van der Waals surface area contributed by atoms with Crippen molar-refractivity contribution in [2.45, 2.75) is 30.6 Å². The normalized spacial score (nSPS) is 15.8. The highest BCUT2D eigenvalue weighted by atomic mass is 32.2. The van der Waals surface area contributed by atoms with Crippen LogP contribution in [0.4, 0.5) is 25.8 Å². The van der Waals surface area contributed by atoms with E-state index in [9.17, 15) is 28.6 Å². The maximum atomic E-state index is 18.3. The van der Waals surface area contributed by atoms with Crippen molar-refractivity contribution < 1.29 is 40.3 Å². The lowest BCUT2D eigenvalue weighted by Gasteiger charge is -2.34. The van der Waals surface area contributed by atoms with Crippen molar-refractivity contribution in [1.82, 2.24) is 4.48 Å². The van der Waals surface area contributed by atoms with Crippen LogP contribution in [0.5, 0.6) is 11.5 Å². The summed E-state index contributed by atoms with van der Waals surface area (Å²) in [5, 5.41) is 23.0. The van der Waals surface area contributed by atoms with Crippen LogP contribution in [0.15, 0.2) is 131 Å². The molecule has 2 aliphatic carbocycles. The number of amidine groups is 1. The van der Waals surface area contributed by atoms with Crippen LogP contribution in [-0.4, -0.2) is 52.9 Å². The molecule has 60 heavy (non-hydrogen) atoms. The number of benzene rings is 5. The Morgan fingerprint density at radius 2 is 1.42 bits per heavy atom. The number of hydrogen-bond acceptors (Lipinski definition) is 9. The van der Waals surface area contributed by atoms with Gasteiger partial charge in [-0.1, -0.05) is 60.7 Å². The minimum atomic E-state index is -4.89. The molecule has 0 saturated heterocycles. The molecule has 6 aromatic rings. The summed E-state index contributed by atoms with van der Waals surface area (Å²) >= 11 is 0. The summed E-state index contributed by atoms with van der Waals surface area (Å²) in [6.07, 6.45) is 1.71. The average Bonchev–Trinajstić information content (AvgIpc) is 3.78. The zero-order valence-electron chi connectivity index (χ0n) is 31.5. The zero-order valence-corrected chi connectivity index (χ0v) is 32.4. The Balaban J connectivity index is 1.17. The molecule has 0 bridgehead atoms. The molecule has 4 aliphatic rings. The fourth-order valence-corrected chi connectivity index (χ4v) is 10.1. The molecule has 0 spiro atoms. The van der Waals surface area contributed by atoms with E-state index in [1.54, 1.807) is 13.2 Å². The number of fused-ring (bicyclic) bond motifs is 9. The molecule has 13 nitrogen and oxygen atoms in total. The van der Waals surface area contributed by atoms with E-state index in [2.05, 4.69) is 0 Å². The molecule has 17 heteroatoms. The molecule has 2 aliphatic heterocycles. The minimum absolute atomic E-state index is 0.104. The first-order chi connectivity index (χ1) is 28.9. The molecule has 5 aromatic carbocycles. The molecule has 0 N–H and O–H groups in total. The fraction of sp³-hybridized carbons (Fsp3) is 0.116. The van der Waals surface area contributed by atoms with Crippen molar-refractivity contribution in [2.75, 3.05) is 7.11 Å². The molecule has 0 radical (unpaired) electrons. The monoisotopic (exact) mass is 825 g/mol. The van der Waals surface area contributed by atoms with Crippen LogP contribution in [0.1, 0.15) is 34.2 Å². The van der Waals surface area contributed by atoms with Gasteiger partial charge < -0.3 is 26.5 Å². The third-order valence-corrected chi connectivity index (χ3v) is 12.8. The molecule has 0 amide bonds. The van der Waals surface area contributed by atoms with Crippen LogP contribution in [0.2, 0.25) is 0 Å². The first-order valence-electron chi connectivity index (χ1n) is 18.9. The van der Waals surface area contributed by atoms with Crippen LogP contribution in [0, 0.1) is 20.2 Å². The van der Waals surface area contributed by atoms with Gasteiger partial charge in [0.05, 0.1) is 39.9 Å². The van der Waals surface area contributed by atoms with E-state index in [0.717, 1.165) is 37.8 Å². The highest BCUT2D eigenvalue weighted by Crippen LogP contribution is 2.53. The number of allylic oxidation sites excluding steroid dienone is 1. The molecule has 3 heterocycles. The SMILES string of the molecule is COc1ccc2c(c1)CCc1c(-c3ccccc3)c3n(c1-2)[B-](F)(F)[N+]1=C2C(=C(c4ccccc4)C1=N3)CCc1cc(OS(=O)(=O)c3ccc([N+](=O)[O-])cc3[N+](=O)[O-])ccc12. The molecule has 10 rings (SSSR count). The molecule has 298 valence electrons. The van der Waals surface area contributed by atoms with Crippen molar-refractivity contribution in [2.24, 2.45) is 4.99 Å². The van der Waals surface area contributed by atoms with Crippen LogP contribution < -0.4 is 8.92 Å². The summed E-state index contributed by atoms with van der Waals surface area (Å²) in [5.41, 5.74) is 5.52. The van der Waals surface area contributed by atoms with Gasteiger partial charge in [0.1, 0.15) is 11.5 Å². The van der Waals surface area contributed by atoms with Crippen LogP contribution >= 0.6 is 0 Å². The minimum Gasteiger partial charge on any atom is -0.497 e. The van der Waals surface area contributed by atoms with Gasteiger partial charge in [-0.25, -0.2) is 0 Å². The number of nitro groups is 2. The number of aromatic nitrogens is 1. The molecule has 0 fully saturated rings. The van der Waals surface area contributed by atoms with Crippen molar-refractivity contribution in [3.63, 3.8) is 0 Å². The predicted octanol–water partition coefficient (Wildman–Crippen LogP) is 8.70. The van der Waals surface area contributed by atoms with E-state index in [4.69, 9.17) is 13.9 Å². The van der Waals surface area contributed by atoms with Crippen LogP contribution in [0.25, 0.3) is 28.0 Å². The van der Waals surface area contributed by atoms with E-state index in [1.165, 1.54) is 18.2 Å². The van der Waals surface area contributed by atoms with Crippen LogP contribution in [0.3, 0.4) is 0 Å². The maximum absolute atomic E-state index is 18.3. The number of nitro benzene ring substituents is 2. The largest absolute Gasteiger partial charge is 0.642 e. The maximum Gasteiger partial charge on any atom is 0.642 e. The van der Waals surface area contributed by atoms with Gasteiger partial charge in [0.15, 0.2) is 4.90 Å². The standard InChI is InChI=1S/C43H30BF2N5O8S/c1-58-30-15-19-32-27(22-30)12-17-34-38(25-8-4-2-5-9-25)42-47-43-39(26-10-6-3-7-11-26)35-18-13-28-23-31(16-20-33(28)41(35)49(43)44(45,46)48(42)40(32)34)59-60(56,57)37-21-14-29(50(52)53)24-36(37)51(54)55/h2-11,14-16,19-24H,12-13,17-18H2,1H3. The highest BCUT2D eigenvalue weighted by Gasteiger charge is 2.57. The van der Waals surface area contributed by atoms with Gasteiger partial charge in [-0.05, 0) is 107 Å². The van der Waals surface area contributed by atoms with E-state index in [1.807, 2.05) is 72.8 Å². The lowest BCUT2D eigenvalue weighted by Crippen LogP contribution is -2.53. The summed E-state index contributed by atoms with van der Waals surface area (Å²) in [5.74, 6) is 0.670. The summed E-state index contributed by atoms with van der Waals surface area (Å²) in [6, 6.07) is 30.6. The Morgan fingerprint density at radius 1 is 0.767 bits per heavy atom. The second-order valence-electron chi connectivity index (χ2n) is 14.8. The quantitative estimate of drug-likeness (QED) is 0.0638. The van der Waals surface area contributed by atoms with Gasteiger partial charge in [-0.2, -0.15) is 8.42 Å². The highest BCUT2D eigenvalue weighted by molar-refractivity contribution is 7.87. The fourth-order valence-electron chi connectivity index (χ4n) is 9.04. The third kappa shape index (κ3) is 5.52. The van der Waals surface area contributed by atoms with Crippen molar-refractivity contribution in [3.05, 3.63) is 169 Å². The van der Waals surface area contributed by atoms with Gasteiger partial charge in [0, 0.05) is 22.9 Å². The molecule has 0 atom stereocenters. The summed E-state index contributed by atoms with van der Waals surface area (Å²) in [4.78, 5) is 25.5. The number of methoxy groups -OCH3 is 1. The Kier molecular flexibility index (Phi) is 8.26. The van der Waals surface area contributed by atoms with E-state index in [-0.39, 0.29) is 23.1 Å². The number of non-ortho nitro benzene ring substituents is 1. The average molecular weight is 826 g/mol. The number of nitrogens with zero attached hydrogens (tertiary/aromatic N) is 5. The van der Waals surface area contributed by atoms with Gasteiger partial charge >= 0.3 is 17.1 Å². The first kappa shape index (κ1) is 37.0. The number of aliphatic imine (C=N–C) groups is 1. The Hall–Kier alpha value is -7.27. The van der Waals surface area contributed by atoms with E-state index in [0.29, 0.717) is 82.2 Å². The van der Waals surface area contributed by atoms with E-state index >= 15 is 8.63 Å².